The molecule has 0 saturated heterocycles. The fraction of sp³-hybridized carbons (Fsp3) is 0.0556. The molecule has 0 radical (unpaired) electrons. The van der Waals surface area contributed by atoms with Crippen LogP contribution in [0, 0.1) is 0 Å². The molecule has 2 aromatic rings. The molecule has 4 nitrogen and oxygen atoms in total. The Bertz CT molecular complexity index is 965. The Balaban J connectivity index is 2.88. The minimum absolute atomic E-state index is 0.250. The number of rotatable bonds is 5. The summed E-state index contributed by atoms with van der Waals surface area (Å²) in [5.41, 5.74) is 0.839. The molecule has 0 amide bonds. The number of benzene rings is 2. The zero-order chi connectivity index (χ0) is 18.5. The Kier molecular flexibility index (Phi) is 6.16. The van der Waals surface area contributed by atoms with E-state index in [9.17, 15) is 16.8 Å². The zero-order valence-electron chi connectivity index (χ0n) is 13.4. The van der Waals surface area contributed by atoms with Crippen LogP contribution >= 0.6 is 10.5 Å². The first-order valence-electron chi connectivity index (χ1n) is 7.23. The Morgan fingerprint density at radius 3 is 1.68 bits per heavy atom. The van der Waals surface area contributed by atoms with Crippen LogP contribution in [-0.4, -0.2) is 20.4 Å². The van der Waals surface area contributed by atoms with Crippen molar-refractivity contribution in [1.29, 1.82) is 0 Å². The first kappa shape index (κ1) is 19.4. The summed E-state index contributed by atoms with van der Waals surface area (Å²) in [6, 6.07) is 17.9. The fourth-order valence-corrected chi connectivity index (χ4v) is 9.19. The maximum absolute atomic E-state index is 12.5. The maximum atomic E-state index is 12.5. The molecule has 0 aliphatic rings. The molecule has 0 spiro atoms. The molecule has 132 valence electrons. The van der Waals surface area contributed by atoms with Crippen LogP contribution in [0.3, 0.4) is 0 Å². The number of hydrogen-bond donors (Lipinski definition) is 0. The quantitative estimate of drug-likeness (QED) is 0.725. The molecular weight excluding hydrogens is 376 g/mol. The van der Waals surface area contributed by atoms with Gasteiger partial charge in [0.25, 0.3) is 0 Å². The lowest BCUT2D eigenvalue weighted by Gasteiger charge is -2.15. The summed E-state index contributed by atoms with van der Waals surface area (Å²) in [5, 5.41) is 1.36. The van der Waals surface area contributed by atoms with Gasteiger partial charge >= 0.3 is 0 Å². The van der Waals surface area contributed by atoms with E-state index in [1.807, 2.05) is 30.3 Å². The minimum Gasteiger partial charge on any atom is -0.218 e. The van der Waals surface area contributed by atoms with Crippen LogP contribution in [0.4, 0.5) is 0 Å². The highest BCUT2D eigenvalue weighted by atomic mass is 32.3. The predicted octanol–water partition coefficient (Wildman–Crippen LogP) is 3.72. The average Bonchev–Trinajstić information content (AvgIpc) is 2.62. The fourth-order valence-electron chi connectivity index (χ4n) is 2.14. The van der Waals surface area contributed by atoms with E-state index in [1.165, 1.54) is 0 Å². The first-order valence-corrected chi connectivity index (χ1v) is 11.7. The molecule has 2 aromatic carbocycles. The van der Waals surface area contributed by atoms with Crippen molar-refractivity contribution in [3.63, 3.8) is 0 Å². The molecule has 25 heavy (non-hydrogen) atoms. The second kappa shape index (κ2) is 7.95. The Morgan fingerprint density at radius 1 is 0.800 bits per heavy atom. The summed E-state index contributed by atoms with van der Waals surface area (Å²) in [5.74, 6) is 0.250. The van der Waals surface area contributed by atoms with E-state index in [2.05, 4.69) is 13.2 Å². The van der Waals surface area contributed by atoms with E-state index in [1.54, 1.807) is 30.3 Å². The van der Waals surface area contributed by atoms with Crippen LogP contribution in [-0.2, 0) is 25.4 Å². The minimum atomic E-state index is -4.16. The summed E-state index contributed by atoms with van der Waals surface area (Å²) >= 11 is 0. The third kappa shape index (κ3) is 4.56. The van der Waals surface area contributed by atoms with Gasteiger partial charge in [-0.2, -0.15) is 0 Å². The van der Waals surface area contributed by atoms with Gasteiger partial charge in [0.1, 0.15) is 0 Å². The van der Waals surface area contributed by atoms with E-state index < -0.39 is 33.7 Å². The summed E-state index contributed by atoms with van der Waals surface area (Å²) < 4.78 is 49.6. The monoisotopic (exact) mass is 394 g/mol. The summed E-state index contributed by atoms with van der Waals surface area (Å²) in [6.07, 6.45) is 0. The van der Waals surface area contributed by atoms with Gasteiger partial charge in [0.15, 0.2) is 3.53 Å². The van der Waals surface area contributed by atoms with Gasteiger partial charge in [0.05, 0.1) is 0 Å². The molecule has 0 aliphatic carbocycles. The van der Waals surface area contributed by atoms with Crippen molar-refractivity contribution in [1.82, 2.24) is 0 Å². The molecule has 0 N–H and O–H groups in total. The van der Waals surface area contributed by atoms with Crippen LogP contribution in [0.5, 0.6) is 0 Å². The van der Waals surface area contributed by atoms with Gasteiger partial charge in [-0.1, -0.05) is 61.7 Å². The summed E-state index contributed by atoms with van der Waals surface area (Å²) in [7, 11) is -9.54. The lowest BCUT2D eigenvalue weighted by molar-refractivity contribution is 0.612. The van der Waals surface area contributed by atoms with Crippen LogP contribution in [0.15, 0.2) is 89.5 Å². The van der Waals surface area contributed by atoms with Gasteiger partial charge in [-0.3, -0.25) is 0 Å². The maximum Gasteiger partial charge on any atom is 0.216 e. The standard InChI is InChI=1S/C18H18O4S3/c1-3-24(19,20)18(25(21,22)4-2)23(17-13-9-6-10-14-17)15-16-11-7-5-8-12-16/h3-14H,1-2,15H2. The molecule has 0 bridgehead atoms. The predicted molar refractivity (Wildman–Crippen MR) is 106 cm³/mol. The van der Waals surface area contributed by atoms with Gasteiger partial charge in [-0.15, -0.1) is 10.5 Å². The number of sulfone groups is 2. The largest absolute Gasteiger partial charge is 0.218 e. The number of hydrogen-bond acceptors (Lipinski definition) is 4. The Labute approximate surface area is 151 Å². The molecule has 2 rings (SSSR count). The SMILES string of the molecule is C=CS(=O)(=O)C(=S(Cc1ccccc1)c1ccccc1)S(=O)(=O)C=C. The highest BCUT2D eigenvalue weighted by Crippen LogP contribution is 2.36. The summed E-state index contributed by atoms with van der Waals surface area (Å²) in [4.78, 5) is 0.622. The molecule has 0 aromatic heterocycles. The normalized spacial score (nSPS) is 13.0. The smallest absolute Gasteiger partial charge is 0.216 e. The van der Waals surface area contributed by atoms with E-state index in [-0.39, 0.29) is 5.75 Å². The van der Waals surface area contributed by atoms with Crippen LogP contribution in [0.25, 0.3) is 0 Å². The van der Waals surface area contributed by atoms with E-state index in [0.29, 0.717) is 15.7 Å². The Morgan fingerprint density at radius 2 is 1.24 bits per heavy atom. The van der Waals surface area contributed by atoms with Crippen molar-refractivity contribution in [2.45, 2.75) is 10.6 Å². The summed E-state index contributed by atoms with van der Waals surface area (Å²) in [6.45, 7) is 6.56. The molecule has 0 heterocycles. The topological polar surface area (TPSA) is 68.3 Å². The molecule has 0 fully saturated rings. The zero-order valence-corrected chi connectivity index (χ0v) is 15.9. The van der Waals surface area contributed by atoms with E-state index in [0.717, 1.165) is 5.56 Å². The molecule has 0 saturated carbocycles. The second-order valence-corrected chi connectivity index (χ2v) is 11.4. The highest BCUT2D eigenvalue weighted by molar-refractivity contribution is 8.49. The average molecular weight is 395 g/mol. The second-order valence-electron chi connectivity index (χ2n) is 5.01. The van der Waals surface area contributed by atoms with Gasteiger partial charge < -0.3 is 0 Å². The molecule has 1 unspecified atom stereocenters. The molecule has 0 aliphatic heterocycles. The van der Waals surface area contributed by atoms with Crippen molar-refractivity contribution in [3.05, 3.63) is 90.2 Å². The van der Waals surface area contributed by atoms with Crippen LogP contribution in [0.2, 0.25) is 0 Å². The lowest BCUT2D eigenvalue weighted by Crippen LogP contribution is -2.22. The highest BCUT2D eigenvalue weighted by Gasteiger charge is 2.30. The van der Waals surface area contributed by atoms with Crippen molar-refractivity contribution in [2.24, 2.45) is 0 Å². The van der Waals surface area contributed by atoms with Crippen molar-refractivity contribution < 1.29 is 16.8 Å². The van der Waals surface area contributed by atoms with E-state index in [4.69, 9.17) is 0 Å². The van der Waals surface area contributed by atoms with E-state index >= 15 is 0 Å². The molecule has 1 atom stereocenters. The Hall–Kier alpha value is -1.96. The van der Waals surface area contributed by atoms with Crippen LogP contribution < -0.4 is 0 Å². The van der Waals surface area contributed by atoms with Crippen molar-refractivity contribution >= 4 is 33.7 Å². The molecular formula is C18H18O4S3. The van der Waals surface area contributed by atoms with Gasteiger partial charge in [0.2, 0.25) is 19.7 Å². The van der Waals surface area contributed by atoms with Gasteiger partial charge in [0, 0.05) is 21.5 Å². The third-order valence-corrected chi connectivity index (χ3v) is 11.0. The van der Waals surface area contributed by atoms with Crippen LogP contribution in [0.1, 0.15) is 5.56 Å². The van der Waals surface area contributed by atoms with Crippen molar-refractivity contribution in [3.8, 4) is 0 Å². The van der Waals surface area contributed by atoms with Crippen molar-refractivity contribution in [2.75, 3.05) is 0 Å². The lowest BCUT2D eigenvalue weighted by atomic mass is 10.2. The molecule has 7 heteroatoms. The van der Waals surface area contributed by atoms with Gasteiger partial charge in [-0.25, -0.2) is 16.8 Å². The first-order chi connectivity index (χ1) is 11.8. The van der Waals surface area contributed by atoms with Gasteiger partial charge in [-0.05, 0) is 17.7 Å². The third-order valence-electron chi connectivity index (χ3n) is 3.29.